The Kier molecular flexibility index (Phi) is 5.85. The molecule has 2 aromatic rings. The fraction of sp³-hybridized carbons (Fsp3) is 0.417. The van der Waals surface area contributed by atoms with Crippen LogP contribution in [-0.2, 0) is 6.42 Å². The Bertz CT molecular complexity index is 986. The minimum Gasteiger partial charge on any atom is -0.490 e. The molecule has 0 bridgehead atoms. The van der Waals surface area contributed by atoms with Crippen LogP contribution in [0.3, 0.4) is 0 Å². The van der Waals surface area contributed by atoms with Crippen LogP contribution in [0.1, 0.15) is 44.6 Å². The molecule has 1 saturated carbocycles. The molecule has 1 fully saturated rings. The first-order valence-corrected chi connectivity index (χ1v) is 10.3. The molecule has 0 aromatic heterocycles. The monoisotopic (exact) mass is 422 g/mol. The van der Waals surface area contributed by atoms with Gasteiger partial charge in [-0.15, -0.1) is 0 Å². The predicted molar refractivity (Wildman–Crippen MR) is 106 cm³/mol. The van der Waals surface area contributed by atoms with Crippen molar-refractivity contribution < 1.29 is 26.7 Å². The largest absolute Gasteiger partial charge is 0.490 e. The summed E-state index contributed by atoms with van der Waals surface area (Å²) >= 11 is 0. The van der Waals surface area contributed by atoms with Crippen LogP contribution in [0.4, 0.5) is 22.0 Å². The number of ether oxygens (including phenoxy) is 1. The highest BCUT2D eigenvalue weighted by Crippen LogP contribution is 2.52. The van der Waals surface area contributed by atoms with Crippen LogP contribution in [0.25, 0.3) is 22.3 Å². The zero-order valence-corrected chi connectivity index (χ0v) is 16.7. The average Bonchev–Trinajstić information content (AvgIpc) is 2.70. The Labute approximate surface area is 172 Å². The molecule has 6 heteroatoms. The van der Waals surface area contributed by atoms with Crippen LogP contribution in [0.2, 0.25) is 0 Å². The van der Waals surface area contributed by atoms with Crippen LogP contribution in [0.15, 0.2) is 30.4 Å². The first-order chi connectivity index (χ1) is 14.4. The highest BCUT2D eigenvalue weighted by molar-refractivity contribution is 6.03. The van der Waals surface area contributed by atoms with E-state index < -0.39 is 23.5 Å². The fourth-order valence-corrected chi connectivity index (χ4v) is 4.42. The number of halogens is 5. The summed E-state index contributed by atoms with van der Waals surface area (Å²) in [6.07, 6.45) is 3.14. The van der Waals surface area contributed by atoms with Crippen LogP contribution < -0.4 is 4.74 Å². The van der Waals surface area contributed by atoms with Gasteiger partial charge in [0.15, 0.2) is 11.6 Å². The Balaban J connectivity index is 1.54. The molecule has 2 aromatic carbocycles. The summed E-state index contributed by atoms with van der Waals surface area (Å²) in [6.45, 7) is 2.54. The van der Waals surface area contributed by atoms with Gasteiger partial charge < -0.3 is 4.74 Å². The van der Waals surface area contributed by atoms with Gasteiger partial charge in [0.25, 0.3) is 6.08 Å². The molecule has 30 heavy (non-hydrogen) atoms. The molecule has 160 valence electrons. The molecule has 0 spiro atoms. The van der Waals surface area contributed by atoms with E-state index in [1.54, 1.807) is 6.07 Å². The van der Waals surface area contributed by atoms with Gasteiger partial charge in [0.05, 0.1) is 6.61 Å². The molecule has 0 unspecified atom stereocenters. The van der Waals surface area contributed by atoms with E-state index in [4.69, 9.17) is 4.74 Å². The van der Waals surface area contributed by atoms with Crippen molar-refractivity contribution in [3.63, 3.8) is 0 Å². The van der Waals surface area contributed by atoms with Crippen molar-refractivity contribution in [3.8, 4) is 28.0 Å². The molecule has 2 aliphatic rings. The maximum atomic E-state index is 14.8. The van der Waals surface area contributed by atoms with Gasteiger partial charge in [-0.25, -0.2) is 8.78 Å². The molecular formula is C24H23F5O. The number of allylic oxidation sites excluding steroid dienone is 1. The maximum absolute atomic E-state index is 14.8. The van der Waals surface area contributed by atoms with E-state index in [2.05, 4.69) is 6.92 Å². The van der Waals surface area contributed by atoms with Crippen LogP contribution in [0, 0.1) is 29.3 Å². The second kappa shape index (κ2) is 8.40. The summed E-state index contributed by atoms with van der Waals surface area (Å²) in [4.78, 5) is 0. The normalized spacial score (nSPS) is 19.5. The highest BCUT2D eigenvalue weighted by Gasteiger charge is 2.34. The first kappa shape index (κ1) is 20.9. The van der Waals surface area contributed by atoms with E-state index in [-0.39, 0.29) is 35.3 Å². The molecule has 0 radical (unpaired) electrons. The van der Waals surface area contributed by atoms with Crippen LogP contribution in [-0.4, -0.2) is 6.61 Å². The van der Waals surface area contributed by atoms with Crippen molar-refractivity contribution in [1.82, 2.24) is 0 Å². The molecule has 0 N–H and O–H groups in total. The molecule has 0 aliphatic heterocycles. The van der Waals surface area contributed by atoms with Crippen LogP contribution >= 0.6 is 0 Å². The second-order valence-electron chi connectivity index (χ2n) is 8.36. The summed E-state index contributed by atoms with van der Waals surface area (Å²) in [5.74, 6) is -2.06. The maximum Gasteiger partial charge on any atom is 0.266 e. The Morgan fingerprint density at radius 3 is 2.37 bits per heavy atom. The lowest BCUT2D eigenvalue weighted by molar-refractivity contribution is 0.182. The highest BCUT2D eigenvalue weighted by atomic mass is 19.3. The lowest BCUT2D eigenvalue weighted by Crippen LogP contribution is -2.19. The molecule has 0 amide bonds. The van der Waals surface area contributed by atoms with Gasteiger partial charge in [-0.1, -0.05) is 31.9 Å². The predicted octanol–water partition coefficient (Wildman–Crippen LogP) is 7.67. The summed E-state index contributed by atoms with van der Waals surface area (Å²) in [5.41, 5.74) is 0.998. The third kappa shape index (κ3) is 3.84. The minimum atomic E-state index is -1.83. The average molecular weight is 422 g/mol. The zero-order chi connectivity index (χ0) is 21.4. The second-order valence-corrected chi connectivity index (χ2v) is 8.36. The van der Waals surface area contributed by atoms with Gasteiger partial charge in [0.2, 0.25) is 5.82 Å². The van der Waals surface area contributed by atoms with Crippen LogP contribution in [0.5, 0.6) is 5.75 Å². The number of fused-ring (bicyclic) bond motifs is 4. The lowest BCUT2D eigenvalue weighted by Gasteiger charge is -2.29. The summed E-state index contributed by atoms with van der Waals surface area (Å²) in [6, 6.07) is 4.56. The van der Waals surface area contributed by atoms with Gasteiger partial charge in [0, 0.05) is 11.1 Å². The van der Waals surface area contributed by atoms with Crippen molar-refractivity contribution >= 4 is 0 Å². The molecule has 1 nitrogen and oxygen atoms in total. The van der Waals surface area contributed by atoms with Gasteiger partial charge in [-0.3, -0.25) is 0 Å². The molecule has 2 aliphatic carbocycles. The van der Waals surface area contributed by atoms with E-state index in [0.717, 1.165) is 25.7 Å². The van der Waals surface area contributed by atoms with Gasteiger partial charge in [-0.2, -0.15) is 13.2 Å². The number of aryl methyl sites for hydroxylation is 1. The van der Waals surface area contributed by atoms with Crippen molar-refractivity contribution in [2.75, 3.05) is 6.61 Å². The molecular weight excluding hydrogens is 399 g/mol. The Morgan fingerprint density at radius 1 is 0.967 bits per heavy atom. The van der Waals surface area contributed by atoms with E-state index in [1.165, 1.54) is 12.1 Å². The number of benzene rings is 2. The molecule has 0 heterocycles. The standard InChI is InChI=1S/C24H23F5O/c1-13-5-7-14(8-6-13)12-30-18-11-17-16-10-9-15(3-2-4-19(25)26)22(27)20(16)21(17)24(29)23(18)28/h4,9-11,13-14H,2-3,5-8,12H2,1H3. The van der Waals surface area contributed by atoms with E-state index in [9.17, 15) is 22.0 Å². The summed E-state index contributed by atoms with van der Waals surface area (Å²) < 4.78 is 74.2. The summed E-state index contributed by atoms with van der Waals surface area (Å²) in [7, 11) is 0. The third-order valence-corrected chi connectivity index (χ3v) is 6.26. The number of hydrogen-bond donors (Lipinski definition) is 0. The molecule has 0 saturated heterocycles. The van der Waals surface area contributed by atoms with Crippen molar-refractivity contribution in [2.45, 2.75) is 45.4 Å². The summed E-state index contributed by atoms with van der Waals surface area (Å²) in [5, 5.41) is 0. The smallest absolute Gasteiger partial charge is 0.266 e. The van der Waals surface area contributed by atoms with E-state index in [0.29, 0.717) is 35.6 Å². The van der Waals surface area contributed by atoms with Gasteiger partial charge in [-0.05, 0) is 66.4 Å². The SMILES string of the molecule is CC1CCC(COc2cc3c(c(F)c2F)-c2c-3ccc(CCC=C(F)F)c2F)CC1. The van der Waals surface area contributed by atoms with Crippen molar-refractivity contribution in [3.05, 3.63) is 53.4 Å². The third-order valence-electron chi connectivity index (χ3n) is 6.26. The minimum absolute atomic E-state index is 0.0106. The number of rotatable bonds is 6. The molecule has 0 atom stereocenters. The van der Waals surface area contributed by atoms with Crippen molar-refractivity contribution in [1.29, 1.82) is 0 Å². The van der Waals surface area contributed by atoms with Gasteiger partial charge in [0.1, 0.15) is 5.82 Å². The van der Waals surface area contributed by atoms with E-state index in [1.807, 2.05) is 0 Å². The Hall–Kier alpha value is -2.37. The van der Waals surface area contributed by atoms with Crippen molar-refractivity contribution in [2.24, 2.45) is 11.8 Å². The topological polar surface area (TPSA) is 9.23 Å². The Morgan fingerprint density at radius 2 is 1.67 bits per heavy atom. The first-order valence-electron chi connectivity index (χ1n) is 10.3. The molecule has 4 rings (SSSR count). The fourth-order valence-electron chi connectivity index (χ4n) is 4.42. The zero-order valence-electron chi connectivity index (χ0n) is 16.7. The lowest BCUT2D eigenvalue weighted by atomic mass is 9.78. The quantitative estimate of drug-likeness (QED) is 0.370. The number of hydrogen-bond acceptors (Lipinski definition) is 1. The van der Waals surface area contributed by atoms with E-state index >= 15 is 0 Å². The van der Waals surface area contributed by atoms with Gasteiger partial charge >= 0.3 is 0 Å².